The zero-order chi connectivity index (χ0) is 12.5. The normalized spacial score (nSPS) is 10.7. The fourth-order valence-electron chi connectivity index (χ4n) is 1.89. The molecule has 0 aliphatic heterocycles. The second-order valence-corrected chi connectivity index (χ2v) is 4.87. The van der Waals surface area contributed by atoms with Crippen LogP contribution in [0.2, 0.25) is 0 Å². The summed E-state index contributed by atoms with van der Waals surface area (Å²) in [6.07, 6.45) is 1.69. The molecule has 0 aliphatic carbocycles. The van der Waals surface area contributed by atoms with Crippen molar-refractivity contribution in [3.05, 3.63) is 64.8 Å². The molecule has 1 heterocycles. The summed E-state index contributed by atoms with van der Waals surface area (Å²) >= 11 is 3.40. The van der Waals surface area contributed by atoms with Crippen LogP contribution in [0.5, 0.6) is 0 Å². The molecule has 0 spiro atoms. The summed E-state index contributed by atoms with van der Waals surface area (Å²) in [5.41, 5.74) is 2.22. The number of rotatable bonds is 1. The predicted octanol–water partition coefficient (Wildman–Crippen LogP) is 3.27. The largest absolute Gasteiger partial charge is 0.285 e. The minimum Gasteiger partial charge on any atom is -0.285 e. The zero-order valence-electron chi connectivity index (χ0n) is 9.47. The van der Waals surface area contributed by atoms with Gasteiger partial charge in [0.2, 0.25) is 0 Å². The summed E-state index contributed by atoms with van der Waals surface area (Å²) in [6.45, 7) is 0. The molecule has 88 valence electrons. The molecule has 0 saturated carbocycles. The minimum atomic E-state index is 0.447. The van der Waals surface area contributed by atoms with Gasteiger partial charge in [0.25, 0.3) is 0 Å². The van der Waals surface area contributed by atoms with Crippen LogP contribution < -0.4 is 5.49 Å². The summed E-state index contributed by atoms with van der Waals surface area (Å²) in [6, 6.07) is 15.5. The van der Waals surface area contributed by atoms with Crippen molar-refractivity contribution in [2.75, 3.05) is 0 Å². The van der Waals surface area contributed by atoms with Gasteiger partial charge in [0.1, 0.15) is 11.8 Å². The molecule has 1 aromatic heterocycles. The van der Waals surface area contributed by atoms with Gasteiger partial charge in [-0.25, -0.2) is 4.98 Å². The Bertz CT molecular complexity index is 760. The highest BCUT2D eigenvalue weighted by Crippen LogP contribution is 2.13. The number of hydrogen-bond acceptors (Lipinski definition) is 2. The molecule has 0 atom stereocenters. The molecule has 3 nitrogen and oxygen atoms in total. The van der Waals surface area contributed by atoms with Crippen LogP contribution in [0.1, 0.15) is 0 Å². The number of benzene rings is 2. The van der Waals surface area contributed by atoms with Gasteiger partial charge in [-0.3, -0.25) is 9.98 Å². The van der Waals surface area contributed by atoms with E-state index in [2.05, 4.69) is 20.9 Å². The third-order valence-electron chi connectivity index (χ3n) is 2.82. The van der Waals surface area contributed by atoms with E-state index >= 15 is 0 Å². The quantitative estimate of drug-likeness (QED) is 0.736. The first-order chi connectivity index (χ1) is 8.75. The maximum absolute atomic E-state index is 8.24. The van der Waals surface area contributed by atoms with Crippen molar-refractivity contribution in [2.45, 2.75) is 0 Å². The van der Waals surface area contributed by atoms with E-state index in [9.17, 15) is 0 Å². The smallest absolute Gasteiger partial charge is 0.140 e. The van der Waals surface area contributed by atoms with E-state index < -0.39 is 0 Å². The van der Waals surface area contributed by atoms with Crippen LogP contribution >= 0.6 is 15.9 Å². The molecule has 2 aromatic carbocycles. The van der Waals surface area contributed by atoms with Crippen molar-refractivity contribution < 1.29 is 0 Å². The van der Waals surface area contributed by atoms with E-state index in [1.165, 1.54) is 0 Å². The molecular weight excluding hydrogens is 290 g/mol. The number of hydrogen-bond donors (Lipinski definition) is 1. The van der Waals surface area contributed by atoms with Gasteiger partial charge < -0.3 is 0 Å². The van der Waals surface area contributed by atoms with Gasteiger partial charge in [-0.1, -0.05) is 28.1 Å². The summed E-state index contributed by atoms with van der Waals surface area (Å²) in [7, 11) is 0. The zero-order valence-corrected chi connectivity index (χ0v) is 11.1. The first kappa shape index (κ1) is 11.2. The van der Waals surface area contributed by atoms with Crippen LogP contribution in [0.15, 0.2) is 59.3 Å². The number of nitrogens with zero attached hydrogens (tertiary/aromatic N) is 2. The topological polar surface area (TPSA) is 41.7 Å². The van der Waals surface area contributed by atoms with Gasteiger partial charge in [0, 0.05) is 15.5 Å². The highest BCUT2D eigenvalue weighted by Gasteiger charge is 2.02. The molecule has 18 heavy (non-hydrogen) atoms. The molecular formula is C14H10BrN3. The van der Waals surface area contributed by atoms with E-state index in [-0.39, 0.29) is 0 Å². The number of halogens is 1. The van der Waals surface area contributed by atoms with E-state index in [0.29, 0.717) is 5.49 Å². The molecule has 0 radical (unpaired) electrons. The number of nitrogens with one attached hydrogen (secondary N) is 1. The van der Waals surface area contributed by atoms with Crippen molar-refractivity contribution in [3.8, 4) is 5.69 Å². The van der Waals surface area contributed by atoms with Crippen LogP contribution in [-0.2, 0) is 0 Å². The average molecular weight is 300 g/mol. The van der Waals surface area contributed by atoms with Crippen LogP contribution in [0.25, 0.3) is 16.6 Å². The molecule has 0 fully saturated rings. The fraction of sp³-hybridized carbons (Fsp3) is 0. The Hall–Kier alpha value is -1.94. The van der Waals surface area contributed by atoms with Gasteiger partial charge in [0.05, 0.1) is 5.52 Å². The lowest BCUT2D eigenvalue weighted by atomic mass is 10.2. The molecule has 3 rings (SSSR count). The van der Waals surface area contributed by atoms with Crippen LogP contribution in [-0.4, -0.2) is 9.55 Å². The van der Waals surface area contributed by atoms with Gasteiger partial charge in [-0.2, -0.15) is 0 Å². The Morgan fingerprint density at radius 2 is 1.72 bits per heavy atom. The molecule has 1 N–H and O–H groups in total. The van der Waals surface area contributed by atoms with Crippen molar-refractivity contribution in [2.24, 2.45) is 0 Å². The van der Waals surface area contributed by atoms with Crippen LogP contribution in [0, 0.1) is 5.41 Å². The third kappa shape index (κ3) is 1.84. The van der Waals surface area contributed by atoms with Gasteiger partial charge in [-0.05, 0) is 36.4 Å². The molecule has 0 unspecified atom stereocenters. The molecule has 0 aliphatic rings. The van der Waals surface area contributed by atoms with Crippen LogP contribution in [0.3, 0.4) is 0 Å². The molecule has 0 amide bonds. The SMILES string of the molecule is N=c1c2ccccc2ncn1-c1ccc(Br)cc1. The lowest BCUT2D eigenvalue weighted by Gasteiger charge is -2.08. The van der Waals surface area contributed by atoms with Crippen LogP contribution in [0.4, 0.5) is 0 Å². The summed E-state index contributed by atoms with van der Waals surface area (Å²) in [5.74, 6) is 0. The Morgan fingerprint density at radius 3 is 2.50 bits per heavy atom. The van der Waals surface area contributed by atoms with E-state index in [4.69, 9.17) is 5.41 Å². The van der Waals surface area contributed by atoms with Gasteiger partial charge in [-0.15, -0.1) is 0 Å². The third-order valence-corrected chi connectivity index (χ3v) is 3.35. The molecule has 3 aromatic rings. The Labute approximate surface area is 112 Å². The Kier molecular flexibility index (Phi) is 2.72. The van der Waals surface area contributed by atoms with Crippen molar-refractivity contribution in [1.82, 2.24) is 9.55 Å². The first-order valence-electron chi connectivity index (χ1n) is 5.52. The summed E-state index contributed by atoms with van der Waals surface area (Å²) < 4.78 is 2.79. The first-order valence-corrected chi connectivity index (χ1v) is 6.32. The van der Waals surface area contributed by atoms with Crippen molar-refractivity contribution in [3.63, 3.8) is 0 Å². The number of para-hydroxylation sites is 1. The second kappa shape index (κ2) is 4.38. The highest BCUT2D eigenvalue weighted by molar-refractivity contribution is 9.10. The summed E-state index contributed by atoms with van der Waals surface area (Å²) in [5, 5.41) is 9.09. The average Bonchev–Trinajstić information content (AvgIpc) is 2.41. The molecule has 4 heteroatoms. The number of fused-ring (bicyclic) bond motifs is 1. The minimum absolute atomic E-state index is 0.447. The Morgan fingerprint density at radius 1 is 1.00 bits per heavy atom. The fourth-order valence-corrected chi connectivity index (χ4v) is 2.16. The van der Waals surface area contributed by atoms with E-state index in [1.54, 1.807) is 10.9 Å². The van der Waals surface area contributed by atoms with E-state index in [0.717, 1.165) is 21.1 Å². The maximum Gasteiger partial charge on any atom is 0.140 e. The Balaban J connectivity index is 2.27. The molecule has 0 saturated heterocycles. The van der Waals surface area contributed by atoms with Crippen molar-refractivity contribution >= 4 is 26.8 Å². The lowest BCUT2D eigenvalue weighted by Crippen LogP contribution is -2.18. The van der Waals surface area contributed by atoms with Gasteiger partial charge >= 0.3 is 0 Å². The van der Waals surface area contributed by atoms with Gasteiger partial charge in [0.15, 0.2) is 0 Å². The lowest BCUT2D eigenvalue weighted by molar-refractivity contribution is 0.910. The standard InChI is InChI=1S/C14H10BrN3/c15-10-5-7-11(8-6-10)18-9-17-13-4-2-1-3-12(13)14(18)16/h1-9,16H. The maximum atomic E-state index is 8.24. The predicted molar refractivity (Wildman–Crippen MR) is 74.6 cm³/mol. The monoisotopic (exact) mass is 299 g/mol. The van der Waals surface area contributed by atoms with Crippen molar-refractivity contribution in [1.29, 1.82) is 5.41 Å². The molecule has 0 bridgehead atoms. The second-order valence-electron chi connectivity index (χ2n) is 3.96. The number of aromatic nitrogens is 2. The summed E-state index contributed by atoms with van der Waals surface area (Å²) in [4.78, 5) is 4.37. The van der Waals surface area contributed by atoms with E-state index in [1.807, 2.05) is 48.5 Å². The highest BCUT2D eigenvalue weighted by atomic mass is 79.9.